The van der Waals surface area contributed by atoms with E-state index in [0.717, 1.165) is 37.3 Å². The van der Waals surface area contributed by atoms with Crippen LogP contribution in [0.3, 0.4) is 0 Å². The molecular weight excluding hydrogens is 257 g/mol. The summed E-state index contributed by atoms with van der Waals surface area (Å²) < 4.78 is 13.6. The number of aromatic amines is 1. The third-order valence-corrected chi connectivity index (χ3v) is 4.20. The van der Waals surface area contributed by atoms with Gasteiger partial charge in [-0.1, -0.05) is 6.07 Å². The van der Waals surface area contributed by atoms with Gasteiger partial charge in [-0.2, -0.15) is 0 Å². The number of benzene rings is 1. The predicted molar refractivity (Wildman–Crippen MR) is 75.7 cm³/mol. The maximum absolute atomic E-state index is 13.6. The van der Waals surface area contributed by atoms with E-state index >= 15 is 0 Å². The van der Waals surface area contributed by atoms with Gasteiger partial charge in [0, 0.05) is 0 Å². The van der Waals surface area contributed by atoms with E-state index in [4.69, 9.17) is 0 Å². The molecule has 0 aliphatic carbocycles. The van der Waals surface area contributed by atoms with Crippen molar-refractivity contribution in [2.75, 3.05) is 13.1 Å². The molecule has 1 aromatic carbocycles. The number of fused-ring (bicyclic) bond motifs is 1. The van der Waals surface area contributed by atoms with Gasteiger partial charge in [0.15, 0.2) is 5.82 Å². The number of aromatic nitrogens is 2. The van der Waals surface area contributed by atoms with E-state index in [-0.39, 0.29) is 11.9 Å². The van der Waals surface area contributed by atoms with Crippen molar-refractivity contribution >= 4 is 11.0 Å². The third kappa shape index (κ3) is 2.69. The Hall–Kier alpha value is -1.46. The van der Waals surface area contributed by atoms with Crippen LogP contribution < -0.4 is 0 Å². The lowest BCUT2D eigenvalue weighted by Crippen LogP contribution is -2.36. The van der Waals surface area contributed by atoms with Gasteiger partial charge in [-0.25, -0.2) is 9.37 Å². The van der Waals surface area contributed by atoms with Gasteiger partial charge in [0.25, 0.3) is 0 Å². The lowest BCUT2D eigenvalue weighted by molar-refractivity contribution is 0.0688. The van der Waals surface area contributed by atoms with Gasteiger partial charge < -0.3 is 10.1 Å². The van der Waals surface area contributed by atoms with E-state index in [1.165, 1.54) is 6.07 Å². The minimum Gasteiger partial charge on any atom is -0.393 e. The van der Waals surface area contributed by atoms with Crippen molar-refractivity contribution < 1.29 is 9.50 Å². The number of likely N-dealkylation sites (tertiary alicyclic amines) is 1. The summed E-state index contributed by atoms with van der Waals surface area (Å²) in [5.74, 6) is 0.928. The van der Waals surface area contributed by atoms with E-state index in [2.05, 4.69) is 14.9 Å². The Morgan fingerprint density at radius 2 is 2.20 bits per heavy atom. The van der Waals surface area contributed by atoms with Gasteiger partial charge in [-0.05, 0) is 50.9 Å². The molecule has 0 bridgehead atoms. The first kappa shape index (κ1) is 13.5. The molecule has 20 heavy (non-hydrogen) atoms. The second kappa shape index (κ2) is 5.50. The van der Waals surface area contributed by atoms with Gasteiger partial charge in [-0.3, -0.25) is 4.90 Å². The maximum atomic E-state index is 13.6. The van der Waals surface area contributed by atoms with Crippen LogP contribution >= 0.6 is 0 Å². The maximum Gasteiger partial charge on any atom is 0.151 e. The SMILES string of the molecule is CC(O)C1CCN(Cc2nc3c(F)cccc3[nH]2)CC1. The molecule has 0 radical (unpaired) electrons. The van der Waals surface area contributed by atoms with Crippen molar-refractivity contribution in [2.45, 2.75) is 32.4 Å². The quantitative estimate of drug-likeness (QED) is 0.905. The van der Waals surface area contributed by atoms with Gasteiger partial charge in [-0.15, -0.1) is 0 Å². The highest BCUT2D eigenvalue weighted by Crippen LogP contribution is 2.22. The molecule has 5 heteroatoms. The van der Waals surface area contributed by atoms with Crippen molar-refractivity contribution in [1.82, 2.24) is 14.9 Å². The van der Waals surface area contributed by atoms with Crippen LogP contribution in [-0.2, 0) is 6.54 Å². The Kier molecular flexibility index (Phi) is 3.72. The zero-order chi connectivity index (χ0) is 14.1. The Labute approximate surface area is 117 Å². The molecule has 0 saturated carbocycles. The monoisotopic (exact) mass is 277 g/mol. The number of nitrogens with one attached hydrogen (secondary N) is 1. The number of piperidine rings is 1. The third-order valence-electron chi connectivity index (χ3n) is 4.20. The van der Waals surface area contributed by atoms with E-state index < -0.39 is 0 Å². The number of hydrogen-bond acceptors (Lipinski definition) is 3. The van der Waals surface area contributed by atoms with Crippen LogP contribution in [0, 0.1) is 11.7 Å². The van der Waals surface area contributed by atoms with Gasteiger partial charge >= 0.3 is 0 Å². The fraction of sp³-hybridized carbons (Fsp3) is 0.533. The summed E-state index contributed by atoms with van der Waals surface area (Å²) in [5, 5.41) is 9.60. The first-order chi connectivity index (χ1) is 9.63. The first-order valence-corrected chi connectivity index (χ1v) is 7.17. The molecule has 3 rings (SSSR count). The zero-order valence-corrected chi connectivity index (χ0v) is 11.6. The number of rotatable bonds is 3. The van der Waals surface area contributed by atoms with Crippen LogP contribution in [0.5, 0.6) is 0 Å². The number of imidazole rings is 1. The number of H-pyrrole nitrogens is 1. The highest BCUT2D eigenvalue weighted by Gasteiger charge is 2.23. The van der Waals surface area contributed by atoms with Crippen molar-refractivity contribution in [3.63, 3.8) is 0 Å². The molecule has 1 unspecified atom stereocenters. The van der Waals surface area contributed by atoms with Gasteiger partial charge in [0.05, 0.1) is 18.2 Å². The molecule has 4 nitrogen and oxygen atoms in total. The molecule has 108 valence electrons. The minimum absolute atomic E-state index is 0.225. The van der Waals surface area contributed by atoms with E-state index in [1.807, 2.05) is 13.0 Å². The lowest BCUT2D eigenvalue weighted by atomic mass is 9.92. The number of para-hydroxylation sites is 1. The average molecular weight is 277 g/mol. The molecule has 2 aromatic rings. The van der Waals surface area contributed by atoms with Crippen molar-refractivity contribution in [3.05, 3.63) is 29.8 Å². The van der Waals surface area contributed by atoms with Crippen LogP contribution in [0.2, 0.25) is 0 Å². The van der Waals surface area contributed by atoms with E-state index in [9.17, 15) is 9.50 Å². The van der Waals surface area contributed by atoms with Crippen LogP contribution in [0.25, 0.3) is 11.0 Å². The smallest absolute Gasteiger partial charge is 0.151 e. The molecule has 1 atom stereocenters. The van der Waals surface area contributed by atoms with Gasteiger partial charge in [0.1, 0.15) is 11.3 Å². The molecule has 0 amide bonds. The normalized spacial score (nSPS) is 19.6. The summed E-state index contributed by atoms with van der Waals surface area (Å²) in [6.07, 6.45) is 1.79. The Bertz CT molecular complexity index is 588. The Morgan fingerprint density at radius 1 is 1.45 bits per heavy atom. The summed E-state index contributed by atoms with van der Waals surface area (Å²) in [7, 11) is 0. The fourth-order valence-electron chi connectivity index (χ4n) is 2.93. The summed E-state index contributed by atoms with van der Waals surface area (Å²) >= 11 is 0. The van der Waals surface area contributed by atoms with E-state index in [0.29, 0.717) is 18.0 Å². The van der Waals surface area contributed by atoms with Crippen LogP contribution in [-0.4, -0.2) is 39.2 Å². The lowest BCUT2D eigenvalue weighted by Gasteiger charge is -2.32. The minimum atomic E-state index is -0.280. The Morgan fingerprint density at radius 3 is 2.85 bits per heavy atom. The van der Waals surface area contributed by atoms with Crippen molar-refractivity contribution in [3.8, 4) is 0 Å². The van der Waals surface area contributed by atoms with Crippen LogP contribution in [0.4, 0.5) is 4.39 Å². The molecule has 1 saturated heterocycles. The predicted octanol–water partition coefficient (Wildman–Crippen LogP) is 2.29. The molecule has 1 aliphatic heterocycles. The molecule has 1 aromatic heterocycles. The van der Waals surface area contributed by atoms with Crippen LogP contribution in [0.15, 0.2) is 18.2 Å². The molecule has 1 fully saturated rings. The average Bonchev–Trinajstić information content (AvgIpc) is 2.83. The zero-order valence-electron chi connectivity index (χ0n) is 11.6. The molecule has 0 spiro atoms. The number of hydrogen-bond donors (Lipinski definition) is 2. The first-order valence-electron chi connectivity index (χ1n) is 7.17. The topological polar surface area (TPSA) is 52.1 Å². The number of aliphatic hydroxyl groups excluding tert-OH is 1. The summed E-state index contributed by atoms with van der Waals surface area (Å²) in [4.78, 5) is 9.81. The van der Waals surface area contributed by atoms with Gasteiger partial charge in [0.2, 0.25) is 0 Å². The van der Waals surface area contributed by atoms with E-state index in [1.54, 1.807) is 6.07 Å². The molecule has 1 aliphatic rings. The second-order valence-corrected chi connectivity index (χ2v) is 5.67. The number of nitrogens with zero attached hydrogens (tertiary/aromatic N) is 2. The second-order valence-electron chi connectivity index (χ2n) is 5.67. The number of halogens is 1. The summed E-state index contributed by atoms with van der Waals surface area (Å²) in [6, 6.07) is 4.96. The summed E-state index contributed by atoms with van der Waals surface area (Å²) in [6.45, 7) is 4.48. The van der Waals surface area contributed by atoms with Crippen molar-refractivity contribution in [2.24, 2.45) is 5.92 Å². The standard InChI is InChI=1S/C15H20FN3O/c1-10(20)11-5-7-19(8-6-11)9-14-17-13-4-2-3-12(16)15(13)18-14/h2-4,10-11,20H,5-9H2,1H3,(H,17,18). The molecular formula is C15H20FN3O. The Balaban J connectivity index is 1.67. The van der Waals surface area contributed by atoms with Crippen molar-refractivity contribution in [1.29, 1.82) is 0 Å². The highest BCUT2D eigenvalue weighted by atomic mass is 19.1. The highest BCUT2D eigenvalue weighted by molar-refractivity contribution is 5.75. The fourth-order valence-corrected chi connectivity index (χ4v) is 2.93. The largest absolute Gasteiger partial charge is 0.393 e. The molecule has 2 heterocycles. The summed E-state index contributed by atoms with van der Waals surface area (Å²) in [5.41, 5.74) is 1.17. The number of aliphatic hydroxyl groups is 1. The van der Waals surface area contributed by atoms with Crippen LogP contribution in [0.1, 0.15) is 25.6 Å². The molecule has 2 N–H and O–H groups in total.